The standard InChI is InChI=1S/C13H18O5/c1-5-18-12(14)8-9-6-10(15-2)13(17-4)11(7-9)16-3/h6-7H,5,8H2,1-4H3. The van der Waals surface area contributed by atoms with E-state index in [-0.39, 0.29) is 12.4 Å². The highest BCUT2D eigenvalue weighted by Crippen LogP contribution is 2.38. The molecule has 0 heterocycles. The molecule has 0 bridgehead atoms. The van der Waals surface area contributed by atoms with Crippen LogP contribution in [0.25, 0.3) is 0 Å². The van der Waals surface area contributed by atoms with Gasteiger partial charge in [0, 0.05) is 0 Å². The van der Waals surface area contributed by atoms with E-state index in [9.17, 15) is 4.79 Å². The summed E-state index contributed by atoms with van der Waals surface area (Å²) >= 11 is 0. The minimum atomic E-state index is -0.285. The van der Waals surface area contributed by atoms with Crippen LogP contribution in [0.5, 0.6) is 17.2 Å². The van der Waals surface area contributed by atoms with Crippen LogP contribution < -0.4 is 14.2 Å². The molecule has 0 radical (unpaired) electrons. The maximum atomic E-state index is 11.4. The fraction of sp³-hybridized carbons (Fsp3) is 0.462. The first-order valence-corrected chi connectivity index (χ1v) is 5.60. The predicted octanol–water partition coefficient (Wildman–Crippen LogP) is 1.82. The fourth-order valence-corrected chi connectivity index (χ4v) is 1.62. The highest BCUT2D eigenvalue weighted by molar-refractivity contribution is 5.73. The van der Waals surface area contributed by atoms with Crippen molar-refractivity contribution >= 4 is 5.97 Å². The van der Waals surface area contributed by atoms with Crippen molar-refractivity contribution in [2.24, 2.45) is 0 Å². The summed E-state index contributed by atoms with van der Waals surface area (Å²) in [5.41, 5.74) is 0.753. The SMILES string of the molecule is CCOC(=O)Cc1cc(OC)c(OC)c(OC)c1. The Bertz CT molecular complexity index is 389. The number of carbonyl (C=O) groups excluding carboxylic acids is 1. The Morgan fingerprint density at radius 1 is 1.06 bits per heavy atom. The largest absolute Gasteiger partial charge is 0.493 e. The summed E-state index contributed by atoms with van der Waals surface area (Å²) in [6, 6.07) is 3.47. The lowest BCUT2D eigenvalue weighted by Gasteiger charge is -2.13. The van der Waals surface area contributed by atoms with Crippen LogP contribution in [0.15, 0.2) is 12.1 Å². The zero-order valence-corrected chi connectivity index (χ0v) is 11.1. The first-order chi connectivity index (χ1) is 8.65. The molecule has 0 aliphatic carbocycles. The molecule has 100 valence electrons. The van der Waals surface area contributed by atoms with Crippen LogP contribution in [-0.4, -0.2) is 33.9 Å². The summed E-state index contributed by atoms with van der Waals surface area (Å²) in [4.78, 5) is 11.4. The second-order valence-corrected chi connectivity index (χ2v) is 3.52. The van der Waals surface area contributed by atoms with Crippen molar-refractivity contribution in [3.63, 3.8) is 0 Å². The zero-order chi connectivity index (χ0) is 13.5. The van der Waals surface area contributed by atoms with Crippen LogP contribution in [0.1, 0.15) is 12.5 Å². The molecule has 5 nitrogen and oxygen atoms in total. The van der Waals surface area contributed by atoms with E-state index in [1.165, 1.54) is 21.3 Å². The molecule has 0 atom stereocenters. The number of methoxy groups -OCH3 is 3. The number of benzene rings is 1. The first kappa shape index (κ1) is 14.2. The molecule has 0 aliphatic rings. The van der Waals surface area contributed by atoms with Crippen molar-refractivity contribution in [2.75, 3.05) is 27.9 Å². The van der Waals surface area contributed by atoms with Gasteiger partial charge in [0.1, 0.15) is 0 Å². The average Bonchev–Trinajstić information content (AvgIpc) is 2.37. The van der Waals surface area contributed by atoms with Gasteiger partial charge in [0.05, 0.1) is 34.4 Å². The van der Waals surface area contributed by atoms with Gasteiger partial charge in [-0.15, -0.1) is 0 Å². The molecule has 1 aromatic rings. The highest BCUT2D eigenvalue weighted by atomic mass is 16.5. The van der Waals surface area contributed by atoms with Gasteiger partial charge in [0.15, 0.2) is 11.5 Å². The van der Waals surface area contributed by atoms with E-state index < -0.39 is 0 Å². The Morgan fingerprint density at radius 2 is 1.61 bits per heavy atom. The van der Waals surface area contributed by atoms with Crippen molar-refractivity contribution in [1.82, 2.24) is 0 Å². The van der Waals surface area contributed by atoms with Crippen molar-refractivity contribution < 1.29 is 23.7 Å². The number of hydrogen-bond acceptors (Lipinski definition) is 5. The molecule has 0 aromatic heterocycles. The van der Waals surface area contributed by atoms with E-state index in [1.54, 1.807) is 19.1 Å². The Labute approximate surface area is 107 Å². The van der Waals surface area contributed by atoms with Crippen LogP contribution >= 0.6 is 0 Å². The van der Waals surface area contributed by atoms with Gasteiger partial charge in [0.25, 0.3) is 0 Å². The molecule has 0 N–H and O–H groups in total. The quantitative estimate of drug-likeness (QED) is 0.725. The normalized spacial score (nSPS) is 9.78. The Kier molecular flexibility index (Phi) is 5.30. The molecule has 1 aromatic carbocycles. The summed E-state index contributed by atoms with van der Waals surface area (Å²) in [6.45, 7) is 2.14. The maximum Gasteiger partial charge on any atom is 0.310 e. The summed E-state index contributed by atoms with van der Waals surface area (Å²) in [7, 11) is 4.60. The third kappa shape index (κ3) is 3.29. The fourth-order valence-electron chi connectivity index (χ4n) is 1.62. The number of hydrogen-bond donors (Lipinski definition) is 0. The van der Waals surface area contributed by atoms with Crippen LogP contribution in [0.2, 0.25) is 0 Å². The molecule has 0 unspecified atom stereocenters. The van der Waals surface area contributed by atoms with Gasteiger partial charge < -0.3 is 18.9 Å². The van der Waals surface area contributed by atoms with Gasteiger partial charge in [-0.2, -0.15) is 0 Å². The van der Waals surface area contributed by atoms with Crippen molar-refractivity contribution in [2.45, 2.75) is 13.3 Å². The number of ether oxygens (including phenoxy) is 4. The molecule has 5 heteroatoms. The van der Waals surface area contributed by atoms with Gasteiger partial charge in [-0.25, -0.2) is 0 Å². The number of carbonyl (C=O) groups is 1. The molecule has 0 saturated heterocycles. The highest BCUT2D eigenvalue weighted by Gasteiger charge is 2.15. The number of esters is 1. The van der Waals surface area contributed by atoms with E-state index in [0.29, 0.717) is 23.9 Å². The van der Waals surface area contributed by atoms with E-state index >= 15 is 0 Å². The monoisotopic (exact) mass is 254 g/mol. The van der Waals surface area contributed by atoms with Crippen LogP contribution in [-0.2, 0) is 16.0 Å². The lowest BCUT2D eigenvalue weighted by Crippen LogP contribution is -2.08. The lowest BCUT2D eigenvalue weighted by atomic mass is 10.1. The zero-order valence-electron chi connectivity index (χ0n) is 11.1. The Hall–Kier alpha value is -1.91. The molecule has 1 rings (SSSR count). The molecular formula is C13H18O5. The molecule has 0 saturated carbocycles. The third-order valence-corrected chi connectivity index (χ3v) is 2.38. The molecular weight excluding hydrogens is 236 g/mol. The molecule has 0 amide bonds. The average molecular weight is 254 g/mol. The lowest BCUT2D eigenvalue weighted by molar-refractivity contribution is -0.142. The summed E-state index contributed by atoms with van der Waals surface area (Å²) in [5.74, 6) is 1.27. The van der Waals surface area contributed by atoms with Gasteiger partial charge in [-0.1, -0.05) is 0 Å². The smallest absolute Gasteiger partial charge is 0.310 e. The van der Waals surface area contributed by atoms with Crippen molar-refractivity contribution in [1.29, 1.82) is 0 Å². The van der Waals surface area contributed by atoms with Crippen LogP contribution in [0.3, 0.4) is 0 Å². The second-order valence-electron chi connectivity index (χ2n) is 3.52. The van der Waals surface area contributed by atoms with Crippen LogP contribution in [0.4, 0.5) is 0 Å². The Morgan fingerprint density at radius 3 is 2.00 bits per heavy atom. The second kappa shape index (κ2) is 6.74. The summed E-state index contributed by atoms with van der Waals surface area (Å²) in [6.07, 6.45) is 0.171. The van der Waals surface area contributed by atoms with Crippen molar-refractivity contribution in [3.05, 3.63) is 17.7 Å². The molecule has 0 spiro atoms. The molecule has 18 heavy (non-hydrogen) atoms. The van der Waals surface area contributed by atoms with Gasteiger partial charge in [0.2, 0.25) is 5.75 Å². The van der Waals surface area contributed by atoms with E-state index in [1.807, 2.05) is 0 Å². The third-order valence-electron chi connectivity index (χ3n) is 2.38. The maximum absolute atomic E-state index is 11.4. The van der Waals surface area contributed by atoms with E-state index in [0.717, 1.165) is 5.56 Å². The molecule has 0 fully saturated rings. The topological polar surface area (TPSA) is 54.0 Å². The van der Waals surface area contributed by atoms with Gasteiger partial charge in [-0.3, -0.25) is 4.79 Å². The van der Waals surface area contributed by atoms with Gasteiger partial charge >= 0.3 is 5.97 Å². The summed E-state index contributed by atoms with van der Waals surface area (Å²) in [5, 5.41) is 0. The van der Waals surface area contributed by atoms with Crippen molar-refractivity contribution in [3.8, 4) is 17.2 Å². The molecule has 0 aliphatic heterocycles. The first-order valence-electron chi connectivity index (χ1n) is 5.60. The Balaban J connectivity index is 3.03. The van der Waals surface area contributed by atoms with E-state index in [4.69, 9.17) is 18.9 Å². The van der Waals surface area contributed by atoms with Gasteiger partial charge in [-0.05, 0) is 24.6 Å². The predicted molar refractivity (Wildman–Crippen MR) is 66.4 cm³/mol. The van der Waals surface area contributed by atoms with Crippen LogP contribution in [0, 0.1) is 0 Å². The minimum Gasteiger partial charge on any atom is -0.493 e. The minimum absolute atomic E-state index is 0.171. The summed E-state index contributed by atoms with van der Waals surface area (Å²) < 4.78 is 20.5. The van der Waals surface area contributed by atoms with E-state index in [2.05, 4.69) is 0 Å². The number of rotatable bonds is 6.